The van der Waals surface area contributed by atoms with Crippen molar-refractivity contribution < 1.29 is 4.74 Å². The van der Waals surface area contributed by atoms with E-state index in [1.165, 1.54) is 0 Å². The number of hydrogen-bond acceptors (Lipinski definition) is 3. The summed E-state index contributed by atoms with van der Waals surface area (Å²) >= 11 is 0. The first-order chi connectivity index (χ1) is 8.26. The van der Waals surface area contributed by atoms with Crippen LogP contribution in [0.1, 0.15) is 13.3 Å². The van der Waals surface area contributed by atoms with Gasteiger partial charge in [0, 0.05) is 19.4 Å². The van der Waals surface area contributed by atoms with E-state index in [-0.39, 0.29) is 6.04 Å². The topological polar surface area (TPSA) is 71.7 Å². The number of rotatable bonds is 5. The van der Waals surface area contributed by atoms with E-state index in [0.29, 0.717) is 12.6 Å². The van der Waals surface area contributed by atoms with Gasteiger partial charge in [-0.05, 0) is 25.5 Å². The average molecular weight is 236 g/mol. The maximum atomic E-state index is 5.42. The van der Waals surface area contributed by atoms with Gasteiger partial charge in [-0.25, -0.2) is 10.8 Å². The Labute approximate surface area is 102 Å². The van der Waals surface area contributed by atoms with Crippen molar-refractivity contribution in [3.8, 4) is 0 Å². The lowest BCUT2D eigenvalue weighted by molar-refractivity contribution is 0.190. The normalized spacial score (nSPS) is 13.2. The second-order valence-corrected chi connectivity index (χ2v) is 3.74. The van der Waals surface area contributed by atoms with Gasteiger partial charge < -0.3 is 10.1 Å². The standard InChI is InChI=1S/C12H20N4O/c1-10(8-9-17-2)14-12(16-13)15-11-6-4-3-5-7-11/h3-7,10H,8-9,13H2,1-2H3,(H2,14,15,16). The van der Waals surface area contributed by atoms with Crippen LogP contribution in [0, 0.1) is 0 Å². The van der Waals surface area contributed by atoms with Crippen LogP contribution in [0.5, 0.6) is 0 Å². The minimum absolute atomic E-state index is 0.150. The van der Waals surface area contributed by atoms with Crippen LogP contribution in [0.15, 0.2) is 35.3 Å². The molecule has 5 nitrogen and oxygen atoms in total. The number of hydrazine groups is 1. The molecule has 0 aliphatic carbocycles. The molecule has 0 spiro atoms. The van der Waals surface area contributed by atoms with Crippen LogP contribution in [0.25, 0.3) is 0 Å². The first kappa shape index (κ1) is 13.5. The molecule has 94 valence electrons. The third-order valence-electron chi connectivity index (χ3n) is 2.26. The summed E-state index contributed by atoms with van der Waals surface area (Å²) in [5.74, 6) is 5.98. The van der Waals surface area contributed by atoms with E-state index in [4.69, 9.17) is 10.6 Å². The van der Waals surface area contributed by atoms with Crippen molar-refractivity contribution in [3.63, 3.8) is 0 Å². The minimum atomic E-state index is 0.150. The van der Waals surface area contributed by atoms with Gasteiger partial charge >= 0.3 is 0 Å². The molecular formula is C12H20N4O. The Bertz CT molecular complexity index is 340. The molecule has 1 rings (SSSR count). The van der Waals surface area contributed by atoms with E-state index < -0.39 is 0 Å². The van der Waals surface area contributed by atoms with Crippen LogP contribution < -0.4 is 16.6 Å². The monoisotopic (exact) mass is 236 g/mol. The number of aliphatic imine (C=N–C) groups is 1. The molecule has 0 bridgehead atoms. The molecule has 0 aliphatic rings. The summed E-state index contributed by atoms with van der Waals surface area (Å²) in [6.07, 6.45) is 0.859. The SMILES string of the molecule is COCCC(C)N=C(NN)Nc1ccccc1. The molecule has 1 aromatic carbocycles. The third kappa shape index (κ3) is 5.33. The number of ether oxygens (including phenoxy) is 1. The first-order valence-corrected chi connectivity index (χ1v) is 5.61. The second-order valence-electron chi connectivity index (χ2n) is 3.74. The van der Waals surface area contributed by atoms with Crippen LogP contribution in [-0.2, 0) is 4.74 Å². The van der Waals surface area contributed by atoms with Crippen LogP contribution in [0.3, 0.4) is 0 Å². The van der Waals surface area contributed by atoms with Crippen LogP contribution >= 0.6 is 0 Å². The van der Waals surface area contributed by atoms with Crippen molar-refractivity contribution in [2.75, 3.05) is 19.0 Å². The molecule has 4 N–H and O–H groups in total. The predicted molar refractivity (Wildman–Crippen MR) is 70.8 cm³/mol. The van der Waals surface area contributed by atoms with Crippen molar-refractivity contribution in [1.82, 2.24) is 5.43 Å². The Morgan fingerprint density at radius 1 is 1.41 bits per heavy atom. The molecule has 0 amide bonds. The first-order valence-electron chi connectivity index (χ1n) is 5.61. The zero-order chi connectivity index (χ0) is 12.5. The largest absolute Gasteiger partial charge is 0.385 e. The van der Waals surface area contributed by atoms with Gasteiger partial charge in [-0.3, -0.25) is 5.43 Å². The average Bonchev–Trinajstić information content (AvgIpc) is 2.36. The highest BCUT2D eigenvalue weighted by molar-refractivity contribution is 5.93. The van der Waals surface area contributed by atoms with Crippen molar-refractivity contribution >= 4 is 11.6 Å². The molecular weight excluding hydrogens is 216 g/mol. The number of nitrogens with one attached hydrogen (secondary N) is 2. The molecule has 0 radical (unpaired) electrons. The number of hydrogen-bond donors (Lipinski definition) is 3. The van der Waals surface area contributed by atoms with Gasteiger partial charge in [-0.1, -0.05) is 18.2 Å². The summed E-state index contributed by atoms with van der Waals surface area (Å²) in [6, 6.07) is 9.91. The van der Waals surface area contributed by atoms with Crippen molar-refractivity contribution in [2.45, 2.75) is 19.4 Å². The lowest BCUT2D eigenvalue weighted by atomic mass is 10.2. The summed E-state index contributed by atoms with van der Waals surface area (Å²) in [5, 5.41) is 3.11. The maximum Gasteiger partial charge on any atom is 0.210 e. The molecule has 0 aromatic heterocycles. The zero-order valence-corrected chi connectivity index (χ0v) is 10.3. The van der Waals surface area contributed by atoms with E-state index in [2.05, 4.69) is 15.7 Å². The highest BCUT2D eigenvalue weighted by Gasteiger charge is 2.02. The van der Waals surface area contributed by atoms with E-state index in [0.717, 1.165) is 12.1 Å². The quantitative estimate of drug-likeness (QED) is 0.312. The fourth-order valence-electron chi connectivity index (χ4n) is 1.34. The Balaban J connectivity index is 2.55. The molecule has 1 aromatic rings. The van der Waals surface area contributed by atoms with Crippen LogP contribution in [0.4, 0.5) is 5.69 Å². The van der Waals surface area contributed by atoms with Gasteiger partial charge in [0.1, 0.15) is 0 Å². The molecule has 0 saturated heterocycles. The summed E-state index contributed by atoms with van der Waals surface area (Å²) in [4.78, 5) is 4.42. The molecule has 1 unspecified atom stereocenters. The fourth-order valence-corrected chi connectivity index (χ4v) is 1.34. The predicted octanol–water partition coefficient (Wildman–Crippen LogP) is 1.34. The van der Waals surface area contributed by atoms with Crippen molar-refractivity contribution in [3.05, 3.63) is 30.3 Å². The lowest BCUT2D eigenvalue weighted by Gasteiger charge is -2.12. The van der Waals surface area contributed by atoms with E-state index >= 15 is 0 Å². The van der Waals surface area contributed by atoms with Crippen LogP contribution in [-0.4, -0.2) is 25.7 Å². The van der Waals surface area contributed by atoms with Crippen LogP contribution in [0.2, 0.25) is 0 Å². The van der Waals surface area contributed by atoms with E-state index in [1.807, 2.05) is 37.3 Å². The summed E-state index contributed by atoms with van der Waals surface area (Å²) < 4.78 is 5.00. The third-order valence-corrected chi connectivity index (χ3v) is 2.26. The number of nitrogens with two attached hydrogens (primary N) is 1. The molecule has 5 heteroatoms. The van der Waals surface area contributed by atoms with E-state index in [1.54, 1.807) is 7.11 Å². The highest BCUT2D eigenvalue weighted by atomic mass is 16.5. The Kier molecular flexibility index (Phi) is 6.06. The highest BCUT2D eigenvalue weighted by Crippen LogP contribution is 2.05. The number of methoxy groups -OCH3 is 1. The molecule has 0 heterocycles. The molecule has 1 atom stereocenters. The van der Waals surface area contributed by atoms with Crippen molar-refractivity contribution in [1.29, 1.82) is 0 Å². The number of nitrogens with zero attached hydrogens (tertiary/aromatic N) is 1. The number of para-hydroxylation sites is 1. The van der Waals surface area contributed by atoms with Gasteiger partial charge in [0.15, 0.2) is 0 Å². The Hall–Kier alpha value is -1.59. The Morgan fingerprint density at radius 3 is 2.71 bits per heavy atom. The second kappa shape index (κ2) is 7.65. The molecule has 0 aliphatic heterocycles. The molecule has 17 heavy (non-hydrogen) atoms. The van der Waals surface area contributed by atoms with Gasteiger partial charge in [0.05, 0.1) is 6.04 Å². The summed E-state index contributed by atoms with van der Waals surface area (Å²) in [7, 11) is 1.68. The van der Waals surface area contributed by atoms with E-state index in [9.17, 15) is 0 Å². The molecule has 0 fully saturated rings. The Morgan fingerprint density at radius 2 is 2.12 bits per heavy atom. The number of anilines is 1. The molecule has 0 saturated carbocycles. The minimum Gasteiger partial charge on any atom is -0.385 e. The van der Waals surface area contributed by atoms with Gasteiger partial charge in [-0.15, -0.1) is 0 Å². The van der Waals surface area contributed by atoms with Gasteiger partial charge in [0.25, 0.3) is 0 Å². The fraction of sp³-hybridized carbons (Fsp3) is 0.417. The number of benzene rings is 1. The smallest absolute Gasteiger partial charge is 0.210 e. The summed E-state index contributed by atoms with van der Waals surface area (Å²) in [5.41, 5.74) is 3.50. The van der Waals surface area contributed by atoms with Gasteiger partial charge in [0.2, 0.25) is 5.96 Å². The maximum absolute atomic E-state index is 5.42. The van der Waals surface area contributed by atoms with Gasteiger partial charge in [-0.2, -0.15) is 0 Å². The lowest BCUT2D eigenvalue weighted by Crippen LogP contribution is -2.37. The number of guanidine groups is 1. The van der Waals surface area contributed by atoms with Crippen molar-refractivity contribution in [2.24, 2.45) is 10.8 Å². The zero-order valence-electron chi connectivity index (χ0n) is 10.3. The summed E-state index contributed by atoms with van der Waals surface area (Å²) in [6.45, 7) is 2.71.